The average Bonchev–Trinajstić information content (AvgIpc) is 2.47. The minimum absolute atomic E-state index is 0.354. The summed E-state index contributed by atoms with van der Waals surface area (Å²) in [5.41, 5.74) is 2.59. The Balaban J connectivity index is 2.23. The molecule has 0 atom stereocenters. The van der Waals surface area contributed by atoms with Gasteiger partial charge in [0.05, 0.1) is 23.3 Å². The summed E-state index contributed by atoms with van der Waals surface area (Å²) in [6.07, 6.45) is 0. The molecule has 0 unspecified atom stereocenters. The van der Waals surface area contributed by atoms with E-state index >= 15 is 0 Å². The molecule has 2 aromatic rings. The fourth-order valence-corrected chi connectivity index (χ4v) is 1.94. The van der Waals surface area contributed by atoms with Gasteiger partial charge in [-0.3, -0.25) is 0 Å². The minimum atomic E-state index is -0.354. The normalized spacial score (nSPS) is 9.60. The van der Waals surface area contributed by atoms with Crippen LogP contribution in [0.5, 0.6) is 0 Å². The van der Waals surface area contributed by atoms with Crippen molar-refractivity contribution in [1.29, 1.82) is 10.5 Å². The first-order chi connectivity index (χ1) is 9.63. The van der Waals surface area contributed by atoms with E-state index in [0.29, 0.717) is 23.2 Å². The van der Waals surface area contributed by atoms with Crippen molar-refractivity contribution in [3.05, 3.63) is 65.0 Å². The Morgan fingerprint density at radius 1 is 1.05 bits per heavy atom. The van der Waals surface area contributed by atoms with Crippen molar-refractivity contribution in [3.8, 4) is 12.1 Å². The second kappa shape index (κ2) is 5.86. The van der Waals surface area contributed by atoms with Crippen LogP contribution in [0.25, 0.3) is 0 Å². The second-order valence-corrected chi connectivity index (χ2v) is 4.43. The number of anilines is 1. The zero-order chi connectivity index (χ0) is 14.5. The molecular formula is C16H12FN3. The van der Waals surface area contributed by atoms with E-state index in [0.717, 1.165) is 5.69 Å². The van der Waals surface area contributed by atoms with Crippen molar-refractivity contribution < 1.29 is 4.39 Å². The summed E-state index contributed by atoms with van der Waals surface area (Å²) in [5, 5.41) is 17.8. The Morgan fingerprint density at radius 2 is 1.75 bits per heavy atom. The third kappa shape index (κ3) is 2.93. The molecule has 0 radical (unpaired) electrons. The first kappa shape index (κ1) is 13.6. The number of nitrogens with zero attached hydrogens (tertiary/aromatic N) is 3. The van der Waals surface area contributed by atoms with Gasteiger partial charge in [-0.05, 0) is 48.0 Å². The molecule has 0 N–H and O–H groups in total. The predicted molar refractivity (Wildman–Crippen MR) is 74.4 cm³/mol. The summed E-state index contributed by atoms with van der Waals surface area (Å²) >= 11 is 0. The van der Waals surface area contributed by atoms with E-state index in [1.807, 2.05) is 24.1 Å². The molecule has 0 aliphatic rings. The maximum atomic E-state index is 13.3. The number of halogens is 1. The molecule has 0 fully saturated rings. The minimum Gasteiger partial charge on any atom is -0.370 e. The van der Waals surface area contributed by atoms with E-state index in [2.05, 4.69) is 12.1 Å². The lowest BCUT2D eigenvalue weighted by Crippen LogP contribution is -2.17. The van der Waals surface area contributed by atoms with Crippen molar-refractivity contribution >= 4 is 5.69 Å². The molecule has 2 aromatic carbocycles. The van der Waals surface area contributed by atoms with Crippen molar-refractivity contribution in [2.24, 2.45) is 0 Å². The quantitative estimate of drug-likeness (QED) is 0.856. The highest BCUT2D eigenvalue weighted by atomic mass is 19.1. The van der Waals surface area contributed by atoms with Crippen LogP contribution < -0.4 is 4.90 Å². The van der Waals surface area contributed by atoms with Gasteiger partial charge in [0.1, 0.15) is 5.82 Å². The Kier molecular flexibility index (Phi) is 3.98. The molecule has 2 rings (SSSR count). The molecule has 0 saturated carbocycles. The van der Waals surface area contributed by atoms with Gasteiger partial charge >= 0.3 is 0 Å². The highest BCUT2D eigenvalue weighted by Gasteiger charge is 2.08. The molecule has 0 heterocycles. The number of hydrogen-bond donors (Lipinski definition) is 0. The number of nitriles is 2. The Labute approximate surface area is 117 Å². The number of benzene rings is 2. The molecule has 0 aromatic heterocycles. The van der Waals surface area contributed by atoms with E-state index in [1.54, 1.807) is 12.1 Å². The second-order valence-electron chi connectivity index (χ2n) is 4.43. The van der Waals surface area contributed by atoms with Crippen LogP contribution >= 0.6 is 0 Å². The van der Waals surface area contributed by atoms with Gasteiger partial charge in [-0.25, -0.2) is 4.39 Å². The van der Waals surface area contributed by atoms with Crippen molar-refractivity contribution in [2.45, 2.75) is 6.54 Å². The summed E-state index contributed by atoms with van der Waals surface area (Å²) in [6, 6.07) is 15.4. The van der Waals surface area contributed by atoms with Crippen LogP contribution in [0.4, 0.5) is 10.1 Å². The van der Waals surface area contributed by atoms with Crippen LogP contribution in [-0.4, -0.2) is 7.05 Å². The zero-order valence-corrected chi connectivity index (χ0v) is 11.0. The lowest BCUT2D eigenvalue weighted by Gasteiger charge is -2.20. The highest BCUT2D eigenvalue weighted by molar-refractivity contribution is 5.50. The van der Waals surface area contributed by atoms with E-state index < -0.39 is 0 Å². The summed E-state index contributed by atoms with van der Waals surface area (Å²) < 4.78 is 13.3. The van der Waals surface area contributed by atoms with Gasteiger partial charge in [0, 0.05) is 19.3 Å². The van der Waals surface area contributed by atoms with Crippen molar-refractivity contribution in [1.82, 2.24) is 0 Å². The maximum absolute atomic E-state index is 13.3. The fraction of sp³-hybridized carbons (Fsp3) is 0.125. The molecule has 3 nitrogen and oxygen atoms in total. The van der Waals surface area contributed by atoms with Gasteiger partial charge in [0.2, 0.25) is 0 Å². The van der Waals surface area contributed by atoms with Gasteiger partial charge in [-0.1, -0.05) is 0 Å². The largest absolute Gasteiger partial charge is 0.370 e. The monoisotopic (exact) mass is 265 g/mol. The molecule has 0 saturated heterocycles. The molecule has 0 spiro atoms. The van der Waals surface area contributed by atoms with E-state index in [-0.39, 0.29) is 5.82 Å². The Morgan fingerprint density at radius 3 is 2.35 bits per heavy atom. The van der Waals surface area contributed by atoms with Gasteiger partial charge in [-0.2, -0.15) is 10.5 Å². The van der Waals surface area contributed by atoms with Crippen LogP contribution in [-0.2, 0) is 6.54 Å². The maximum Gasteiger partial charge on any atom is 0.123 e. The van der Waals surface area contributed by atoms with Crippen LogP contribution in [0, 0.1) is 28.5 Å². The van der Waals surface area contributed by atoms with Gasteiger partial charge in [0.25, 0.3) is 0 Å². The third-order valence-electron chi connectivity index (χ3n) is 3.03. The summed E-state index contributed by atoms with van der Waals surface area (Å²) in [7, 11) is 1.85. The van der Waals surface area contributed by atoms with Gasteiger partial charge < -0.3 is 4.90 Å². The molecule has 4 heteroatoms. The molecule has 98 valence electrons. The van der Waals surface area contributed by atoms with Crippen molar-refractivity contribution in [2.75, 3.05) is 11.9 Å². The standard InChI is InChI=1S/C16H12FN3/c1-20(16-6-2-12(9-18)3-7-16)11-14-8-15(17)5-4-13(14)10-19/h2-8H,11H2,1H3. The SMILES string of the molecule is CN(Cc1cc(F)ccc1C#N)c1ccc(C#N)cc1. The van der Waals surface area contributed by atoms with Crippen LogP contribution in [0.2, 0.25) is 0 Å². The Hall–Kier alpha value is -2.85. The lowest BCUT2D eigenvalue weighted by atomic mass is 10.1. The lowest BCUT2D eigenvalue weighted by molar-refractivity contribution is 0.625. The first-order valence-electron chi connectivity index (χ1n) is 6.04. The van der Waals surface area contributed by atoms with Gasteiger partial charge in [0.15, 0.2) is 0 Å². The van der Waals surface area contributed by atoms with E-state index in [4.69, 9.17) is 10.5 Å². The molecular weight excluding hydrogens is 253 g/mol. The van der Waals surface area contributed by atoms with Gasteiger partial charge in [-0.15, -0.1) is 0 Å². The average molecular weight is 265 g/mol. The van der Waals surface area contributed by atoms with E-state index in [9.17, 15) is 4.39 Å². The molecule has 0 bridgehead atoms. The number of hydrogen-bond acceptors (Lipinski definition) is 3. The smallest absolute Gasteiger partial charge is 0.123 e. The number of rotatable bonds is 3. The summed E-state index contributed by atoms with van der Waals surface area (Å²) in [6.45, 7) is 0.423. The zero-order valence-electron chi connectivity index (χ0n) is 11.0. The van der Waals surface area contributed by atoms with E-state index in [1.165, 1.54) is 18.2 Å². The molecule has 20 heavy (non-hydrogen) atoms. The summed E-state index contributed by atoms with van der Waals surface area (Å²) in [5.74, 6) is -0.354. The highest BCUT2D eigenvalue weighted by Crippen LogP contribution is 2.18. The van der Waals surface area contributed by atoms with Crippen LogP contribution in [0.15, 0.2) is 42.5 Å². The predicted octanol–water partition coefficient (Wildman–Crippen LogP) is 3.21. The van der Waals surface area contributed by atoms with Crippen molar-refractivity contribution in [3.63, 3.8) is 0 Å². The summed E-state index contributed by atoms with van der Waals surface area (Å²) in [4.78, 5) is 1.90. The molecule has 0 aliphatic heterocycles. The third-order valence-corrected chi connectivity index (χ3v) is 3.03. The topological polar surface area (TPSA) is 50.8 Å². The van der Waals surface area contributed by atoms with Crippen LogP contribution in [0.1, 0.15) is 16.7 Å². The Bertz CT molecular complexity index is 693. The first-order valence-corrected chi connectivity index (χ1v) is 6.04. The molecule has 0 amide bonds. The van der Waals surface area contributed by atoms with Crippen LogP contribution in [0.3, 0.4) is 0 Å². The molecule has 0 aliphatic carbocycles. The fourth-order valence-electron chi connectivity index (χ4n) is 1.94.